The quantitative estimate of drug-likeness (QED) is 0.485. The minimum absolute atomic E-state index is 0.00509. The van der Waals surface area contributed by atoms with Gasteiger partial charge in [-0.3, -0.25) is 10.1 Å². The largest absolute Gasteiger partial charge is 0.478 e. The van der Waals surface area contributed by atoms with Crippen LogP contribution in [0.2, 0.25) is 0 Å². The van der Waals surface area contributed by atoms with Crippen LogP contribution in [-0.2, 0) is 4.79 Å². The molecule has 0 atom stereocenters. The summed E-state index contributed by atoms with van der Waals surface area (Å²) in [5.41, 5.74) is -0.416. The van der Waals surface area contributed by atoms with Crippen LogP contribution in [0.5, 0.6) is 0 Å². The summed E-state index contributed by atoms with van der Waals surface area (Å²) in [4.78, 5) is 20.1. The molecule has 0 aliphatic heterocycles. The molecule has 0 bridgehead atoms. The van der Waals surface area contributed by atoms with Crippen molar-refractivity contribution in [3.63, 3.8) is 0 Å². The first-order valence-corrected chi connectivity index (χ1v) is 4.27. The Bertz CT molecular complexity index is 482. The Hall–Kier alpha value is -2.24. The van der Waals surface area contributed by atoms with E-state index in [0.29, 0.717) is 0 Å². The van der Waals surface area contributed by atoms with Crippen LogP contribution >= 0.6 is 0 Å². The lowest BCUT2D eigenvalue weighted by atomic mass is 10.1. The highest BCUT2D eigenvalue weighted by Gasteiger charge is 2.10. The molecule has 1 aromatic carbocycles. The highest BCUT2D eigenvalue weighted by molar-refractivity contribution is 5.91. The SMILES string of the molecule is C/C(=C\c1ccc([N+](=O)[O-])cc1F)C(=O)O. The maximum absolute atomic E-state index is 13.3. The van der Waals surface area contributed by atoms with Gasteiger partial charge in [0.1, 0.15) is 5.82 Å². The second-order valence-corrected chi connectivity index (χ2v) is 3.10. The van der Waals surface area contributed by atoms with E-state index < -0.39 is 16.7 Å². The number of hydrogen-bond donors (Lipinski definition) is 1. The number of carboxylic acid groups (broad SMARTS) is 1. The molecule has 0 aromatic heterocycles. The van der Waals surface area contributed by atoms with E-state index in [-0.39, 0.29) is 16.8 Å². The standard InChI is InChI=1S/C10H8FNO4/c1-6(10(13)14)4-7-2-3-8(12(15)16)5-9(7)11/h2-5H,1H3,(H,13,14)/b6-4+. The molecule has 0 spiro atoms. The fraction of sp³-hybridized carbons (Fsp3) is 0.100. The van der Waals surface area contributed by atoms with E-state index in [9.17, 15) is 19.3 Å². The van der Waals surface area contributed by atoms with Crippen molar-refractivity contribution in [1.29, 1.82) is 0 Å². The Morgan fingerprint density at radius 1 is 1.56 bits per heavy atom. The molecular weight excluding hydrogens is 217 g/mol. The van der Waals surface area contributed by atoms with Crippen molar-refractivity contribution in [2.75, 3.05) is 0 Å². The molecule has 6 heteroatoms. The highest BCUT2D eigenvalue weighted by Crippen LogP contribution is 2.18. The molecular formula is C10H8FNO4. The summed E-state index contributed by atoms with van der Waals surface area (Å²) < 4.78 is 13.3. The van der Waals surface area contributed by atoms with Gasteiger partial charge in [0.2, 0.25) is 0 Å². The molecule has 1 aromatic rings. The third-order valence-electron chi connectivity index (χ3n) is 1.90. The number of carbonyl (C=O) groups is 1. The molecule has 0 aliphatic rings. The number of carboxylic acids is 1. The molecule has 0 unspecified atom stereocenters. The van der Waals surface area contributed by atoms with Gasteiger partial charge in [-0.2, -0.15) is 0 Å². The summed E-state index contributed by atoms with van der Waals surface area (Å²) in [5, 5.41) is 18.9. The van der Waals surface area contributed by atoms with Crippen LogP contribution in [0.3, 0.4) is 0 Å². The van der Waals surface area contributed by atoms with E-state index in [0.717, 1.165) is 18.2 Å². The van der Waals surface area contributed by atoms with Crippen molar-refractivity contribution in [3.05, 3.63) is 45.3 Å². The van der Waals surface area contributed by atoms with E-state index in [1.54, 1.807) is 0 Å². The number of rotatable bonds is 3. The molecule has 16 heavy (non-hydrogen) atoms. The maximum Gasteiger partial charge on any atom is 0.331 e. The topological polar surface area (TPSA) is 80.4 Å². The van der Waals surface area contributed by atoms with Gasteiger partial charge in [0.05, 0.1) is 11.0 Å². The Kier molecular flexibility index (Phi) is 3.34. The van der Waals surface area contributed by atoms with Crippen LogP contribution in [0.4, 0.5) is 10.1 Å². The number of halogens is 1. The zero-order chi connectivity index (χ0) is 12.3. The zero-order valence-corrected chi connectivity index (χ0v) is 8.31. The van der Waals surface area contributed by atoms with Gasteiger partial charge in [-0.25, -0.2) is 9.18 Å². The summed E-state index contributed by atoms with van der Waals surface area (Å²) in [7, 11) is 0. The number of nitro groups is 1. The third-order valence-corrected chi connectivity index (χ3v) is 1.90. The molecule has 0 saturated heterocycles. The Balaban J connectivity index is 3.14. The summed E-state index contributed by atoms with van der Waals surface area (Å²) in [5.74, 6) is -1.99. The molecule has 1 N–H and O–H groups in total. The number of hydrogen-bond acceptors (Lipinski definition) is 3. The average Bonchev–Trinajstić information content (AvgIpc) is 2.20. The lowest BCUT2D eigenvalue weighted by molar-refractivity contribution is -0.385. The maximum atomic E-state index is 13.3. The predicted octanol–water partition coefficient (Wildman–Crippen LogP) is 2.22. The number of nitrogens with zero attached hydrogens (tertiary/aromatic N) is 1. The minimum atomic E-state index is -1.17. The third kappa shape index (κ3) is 2.63. The van der Waals surface area contributed by atoms with E-state index in [2.05, 4.69) is 0 Å². The normalized spacial score (nSPS) is 11.2. The van der Waals surface area contributed by atoms with Crippen LogP contribution in [0.25, 0.3) is 6.08 Å². The van der Waals surface area contributed by atoms with E-state index in [1.807, 2.05) is 0 Å². The smallest absolute Gasteiger partial charge is 0.331 e. The van der Waals surface area contributed by atoms with E-state index >= 15 is 0 Å². The van der Waals surface area contributed by atoms with Crippen molar-refractivity contribution < 1.29 is 19.2 Å². The van der Waals surface area contributed by atoms with Crippen molar-refractivity contribution in [1.82, 2.24) is 0 Å². The summed E-state index contributed by atoms with van der Waals surface area (Å²) in [6.45, 7) is 1.31. The van der Waals surface area contributed by atoms with Gasteiger partial charge in [-0.05, 0) is 19.1 Å². The second kappa shape index (κ2) is 4.52. The van der Waals surface area contributed by atoms with Crippen molar-refractivity contribution in [2.24, 2.45) is 0 Å². The van der Waals surface area contributed by atoms with Gasteiger partial charge in [0, 0.05) is 17.2 Å². The molecule has 0 amide bonds. The summed E-state index contributed by atoms with van der Waals surface area (Å²) >= 11 is 0. The zero-order valence-electron chi connectivity index (χ0n) is 8.31. The summed E-state index contributed by atoms with van der Waals surface area (Å²) in [6, 6.07) is 3.03. The van der Waals surface area contributed by atoms with Crippen LogP contribution in [-0.4, -0.2) is 16.0 Å². The molecule has 84 valence electrons. The van der Waals surface area contributed by atoms with Gasteiger partial charge < -0.3 is 5.11 Å². The first-order chi connectivity index (χ1) is 7.41. The molecule has 0 heterocycles. The Morgan fingerprint density at radius 2 is 2.19 bits per heavy atom. The van der Waals surface area contributed by atoms with Crippen LogP contribution in [0.15, 0.2) is 23.8 Å². The van der Waals surface area contributed by atoms with Crippen molar-refractivity contribution in [3.8, 4) is 0 Å². The van der Waals surface area contributed by atoms with E-state index in [1.165, 1.54) is 13.0 Å². The predicted molar refractivity (Wildman–Crippen MR) is 54.3 cm³/mol. The molecule has 5 nitrogen and oxygen atoms in total. The van der Waals surface area contributed by atoms with Gasteiger partial charge in [0.25, 0.3) is 5.69 Å². The van der Waals surface area contributed by atoms with E-state index in [4.69, 9.17) is 5.11 Å². The molecule has 0 aliphatic carbocycles. The Labute approximate surface area is 90.0 Å². The molecule has 0 saturated carbocycles. The van der Waals surface area contributed by atoms with Crippen molar-refractivity contribution >= 4 is 17.7 Å². The number of benzene rings is 1. The molecule has 0 fully saturated rings. The minimum Gasteiger partial charge on any atom is -0.478 e. The van der Waals surface area contributed by atoms with Crippen LogP contribution < -0.4 is 0 Å². The highest BCUT2D eigenvalue weighted by atomic mass is 19.1. The van der Waals surface area contributed by atoms with Crippen molar-refractivity contribution in [2.45, 2.75) is 6.92 Å². The fourth-order valence-electron chi connectivity index (χ4n) is 1.04. The first kappa shape index (κ1) is 11.8. The fourth-order valence-corrected chi connectivity index (χ4v) is 1.04. The average molecular weight is 225 g/mol. The second-order valence-electron chi connectivity index (χ2n) is 3.10. The Morgan fingerprint density at radius 3 is 2.62 bits per heavy atom. The van der Waals surface area contributed by atoms with Gasteiger partial charge >= 0.3 is 5.97 Å². The number of nitro benzene ring substituents is 1. The van der Waals surface area contributed by atoms with Gasteiger partial charge in [-0.15, -0.1) is 0 Å². The molecule has 0 radical (unpaired) electrons. The lowest BCUT2D eigenvalue weighted by Crippen LogP contribution is -1.96. The first-order valence-electron chi connectivity index (χ1n) is 4.27. The monoisotopic (exact) mass is 225 g/mol. The summed E-state index contributed by atoms with van der Waals surface area (Å²) in [6.07, 6.45) is 1.11. The number of aliphatic carboxylic acids is 1. The van der Waals surface area contributed by atoms with Crippen LogP contribution in [0, 0.1) is 15.9 Å². The number of non-ortho nitro benzene ring substituents is 1. The van der Waals surface area contributed by atoms with Gasteiger partial charge in [-0.1, -0.05) is 0 Å². The van der Waals surface area contributed by atoms with Crippen LogP contribution in [0.1, 0.15) is 12.5 Å². The van der Waals surface area contributed by atoms with Gasteiger partial charge in [0.15, 0.2) is 0 Å². The lowest BCUT2D eigenvalue weighted by Gasteiger charge is -1.98. The molecule has 1 rings (SSSR count).